The maximum Gasteiger partial charge on any atom is 0.230 e. The summed E-state index contributed by atoms with van der Waals surface area (Å²) in [5.74, 6) is 1.37. The van der Waals surface area contributed by atoms with Crippen molar-refractivity contribution in [3.8, 4) is 5.13 Å². The van der Waals surface area contributed by atoms with E-state index in [-0.39, 0.29) is 5.41 Å². The standard InChI is InChI=1S/C10H15N5S/c1-6-5-15(13-7(6)11)9-12-8(14-16-9)10(2,3)4/h5H,1-4H3,(H2,11,13). The molecular weight excluding hydrogens is 222 g/mol. The molecule has 16 heavy (non-hydrogen) atoms. The minimum Gasteiger partial charge on any atom is -0.382 e. The van der Waals surface area contributed by atoms with Gasteiger partial charge in [0.15, 0.2) is 0 Å². The van der Waals surface area contributed by atoms with Gasteiger partial charge in [-0.25, -0.2) is 9.67 Å². The molecule has 2 aromatic heterocycles. The predicted molar refractivity (Wildman–Crippen MR) is 64.9 cm³/mol. The molecule has 0 saturated heterocycles. The summed E-state index contributed by atoms with van der Waals surface area (Å²) in [7, 11) is 0. The summed E-state index contributed by atoms with van der Waals surface area (Å²) in [6, 6.07) is 0. The maximum absolute atomic E-state index is 5.70. The lowest BCUT2D eigenvalue weighted by molar-refractivity contribution is 0.553. The van der Waals surface area contributed by atoms with Crippen molar-refractivity contribution < 1.29 is 0 Å². The van der Waals surface area contributed by atoms with Crippen molar-refractivity contribution >= 4 is 17.4 Å². The summed E-state index contributed by atoms with van der Waals surface area (Å²) in [5.41, 5.74) is 6.61. The van der Waals surface area contributed by atoms with Crippen molar-refractivity contribution in [2.45, 2.75) is 33.1 Å². The number of nitrogens with zero attached hydrogens (tertiary/aromatic N) is 4. The predicted octanol–water partition coefficient (Wildman–Crippen LogP) is 1.91. The number of nitrogens with two attached hydrogens (primary N) is 1. The van der Waals surface area contributed by atoms with Crippen LogP contribution in [-0.4, -0.2) is 19.1 Å². The Morgan fingerprint density at radius 1 is 1.38 bits per heavy atom. The molecule has 0 aliphatic heterocycles. The lowest BCUT2D eigenvalue weighted by Crippen LogP contribution is -2.13. The molecule has 0 spiro atoms. The van der Waals surface area contributed by atoms with Crippen LogP contribution in [0.4, 0.5) is 5.82 Å². The van der Waals surface area contributed by atoms with Crippen molar-refractivity contribution in [1.82, 2.24) is 19.1 Å². The lowest BCUT2D eigenvalue weighted by Gasteiger charge is -2.11. The van der Waals surface area contributed by atoms with Gasteiger partial charge in [0, 0.05) is 28.7 Å². The van der Waals surface area contributed by atoms with Crippen molar-refractivity contribution in [3.05, 3.63) is 17.6 Å². The van der Waals surface area contributed by atoms with Gasteiger partial charge in [-0.05, 0) is 6.92 Å². The summed E-state index contributed by atoms with van der Waals surface area (Å²) in [6.07, 6.45) is 1.86. The van der Waals surface area contributed by atoms with Crippen LogP contribution in [0.2, 0.25) is 0 Å². The van der Waals surface area contributed by atoms with Crippen molar-refractivity contribution in [2.24, 2.45) is 0 Å². The Kier molecular flexibility index (Phi) is 2.46. The van der Waals surface area contributed by atoms with Crippen LogP contribution < -0.4 is 5.73 Å². The molecule has 2 aromatic rings. The number of hydrogen-bond donors (Lipinski definition) is 1. The molecule has 0 fully saturated rings. The Labute approximate surface area is 98.5 Å². The minimum atomic E-state index is -0.0392. The highest BCUT2D eigenvalue weighted by Crippen LogP contribution is 2.22. The van der Waals surface area contributed by atoms with E-state index in [1.54, 1.807) is 4.68 Å². The second-order valence-corrected chi connectivity index (χ2v) is 5.52. The Bertz CT molecular complexity index is 486. The van der Waals surface area contributed by atoms with Crippen LogP contribution in [-0.2, 0) is 5.41 Å². The zero-order chi connectivity index (χ0) is 11.9. The molecule has 0 aliphatic carbocycles. The first-order valence-electron chi connectivity index (χ1n) is 5.04. The first kappa shape index (κ1) is 11.1. The molecule has 2 heterocycles. The van der Waals surface area contributed by atoms with Crippen LogP contribution in [0.25, 0.3) is 5.13 Å². The smallest absolute Gasteiger partial charge is 0.230 e. The van der Waals surface area contributed by atoms with E-state index in [1.807, 2.05) is 13.1 Å². The third-order valence-corrected chi connectivity index (χ3v) is 2.92. The maximum atomic E-state index is 5.70. The Hall–Kier alpha value is -1.43. The second kappa shape index (κ2) is 3.55. The number of nitrogen functional groups attached to an aromatic ring is 1. The van der Waals surface area contributed by atoms with Gasteiger partial charge in [-0.15, -0.1) is 5.10 Å². The third-order valence-electron chi connectivity index (χ3n) is 2.22. The molecule has 0 unspecified atom stereocenters. The number of aryl methyl sites for hydroxylation is 1. The van der Waals surface area contributed by atoms with Gasteiger partial charge in [-0.2, -0.15) is 4.37 Å². The number of aromatic nitrogens is 4. The van der Waals surface area contributed by atoms with Crippen LogP contribution in [0.15, 0.2) is 6.20 Å². The molecule has 86 valence electrons. The molecule has 0 aliphatic rings. The zero-order valence-electron chi connectivity index (χ0n) is 9.85. The van der Waals surface area contributed by atoms with Crippen molar-refractivity contribution in [3.63, 3.8) is 0 Å². The van der Waals surface area contributed by atoms with Gasteiger partial charge < -0.3 is 5.73 Å². The second-order valence-electron chi connectivity index (χ2n) is 4.79. The van der Waals surface area contributed by atoms with E-state index in [0.717, 1.165) is 16.5 Å². The number of anilines is 1. The molecule has 0 radical (unpaired) electrons. The van der Waals surface area contributed by atoms with E-state index in [1.165, 1.54) is 11.5 Å². The Morgan fingerprint density at radius 2 is 2.06 bits per heavy atom. The fraction of sp³-hybridized carbons (Fsp3) is 0.500. The van der Waals surface area contributed by atoms with Crippen LogP contribution in [0.1, 0.15) is 32.2 Å². The van der Waals surface area contributed by atoms with Gasteiger partial charge in [0.05, 0.1) is 0 Å². The first-order chi connectivity index (χ1) is 7.38. The summed E-state index contributed by atoms with van der Waals surface area (Å²) in [4.78, 5) is 4.46. The van der Waals surface area contributed by atoms with E-state index in [4.69, 9.17) is 5.73 Å². The first-order valence-corrected chi connectivity index (χ1v) is 5.81. The monoisotopic (exact) mass is 237 g/mol. The third kappa shape index (κ3) is 1.92. The fourth-order valence-electron chi connectivity index (χ4n) is 1.18. The summed E-state index contributed by atoms with van der Waals surface area (Å²) < 4.78 is 6.01. The Balaban J connectivity index is 2.39. The van der Waals surface area contributed by atoms with E-state index < -0.39 is 0 Å². The molecule has 2 N–H and O–H groups in total. The largest absolute Gasteiger partial charge is 0.382 e. The van der Waals surface area contributed by atoms with Gasteiger partial charge in [-0.1, -0.05) is 20.8 Å². The average molecular weight is 237 g/mol. The highest BCUT2D eigenvalue weighted by molar-refractivity contribution is 7.08. The summed E-state index contributed by atoms with van der Waals surface area (Å²) >= 11 is 1.34. The van der Waals surface area contributed by atoms with Crippen LogP contribution >= 0.6 is 11.5 Å². The van der Waals surface area contributed by atoms with Crippen molar-refractivity contribution in [2.75, 3.05) is 5.73 Å². The van der Waals surface area contributed by atoms with E-state index in [0.29, 0.717) is 5.82 Å². The highest BCUT2D eigenvalue weighted by atomic mass is 32.1. The zero-order valence-corrected chi connectivity index (χ0v) is 10.7. The van der Waals surface area contributed by atoms with Gasteiger partial charge in [0.1, 0.15) is 11.6 Å². The van der Waals surface area contributed by atoms with Crippen molar-refractivity contribution in [1.29, 1.82) is 0 Å². The summed E-state index contributed by atoms with van der Waals surface area (Å²) in [6.45, 7) is 8.18. The molecule has 0 bridgehead atoms. The molecular formula is C10H15N5S. The molecule has 6 heteroatoms. The molecule has 0 amide bonds. The molecule has 5 nitrogen and oxygen atoms in total. The van der Waals surface area contributed by atoms with Gasteiger partial charge in [-0.3, -0.25) is 0 Å². The molecule has 2 rings (SSSR count). The van der Waals surface area contributed by atoms with E-state index in [2.05, 4.69) is 35.2 Å². The highest BCUT2D eigenvalue weighted by Gasteiger charge is 2.20. The minimum absolute atomic E-state index is 0.0392. The average Bonchev–Trinajstić information content (AvgIpc) is 2.73. The Morgan fingerprint density at radius 3 is 2.50 bits per heavy atom. The van der Waals surface area contributed by atoms with Crippen LogP contribution in [0.3, 0.4) is 0 Å². The lowest BCUT2D eigenvalue weighted by atomic mass is 9.96. The molecule has 0 aromatic carbocycles. The molecule has 0 atom stereocenters. The van der Waals surface area contributed by atoms with Crippen LogP contribution in [0.5, 0.6) is 0 Å². The van der Waals surface area contributed by atoms with E-state index >= 15 is 0 Å². The van der Waals surface area contributed by atoms with E-state index in [9.17, 15) is 0 Å². The summed E-state index contributed by atoms with van der Waals surface area (Å²) in [5, 5.41) is 4.93. The van der Waals surface area contributed by atoms with Gasteiger partial charge in [0.2, 0.25) is 5.13 Å². The fourth-order valence-corrected chi connectivity index (χ4v) is 1.97. The topological polar surface area (TPSA) is 69.6 Å². The normalized spacial score (nSPS) is 12.0. The quantitative estimate of drug-likeness (QED) is 0.822. The van der Waals surface area contributed by atoms with Gasteiger partial charge >= 0.3 is 0 Å². The SMILES string of the molecule is Cc1cn(-c2nc(C(C)(C)C)ns2)nc1N. The molecule has 0 saturated carbocycles. The number of hydrogen-bond acceptors (Lipinski definition) is 5. The number of rotatable bonds is 1. The van der Waals surface area contributed by atoms with Crippen LogP contribution in [0, 0.1) is 6.92 Å². The van der Waals surface area contributed by atoms with Gasteiger partial charge in [0.25, 0.3) is 0 Å².